The fourth-order valence-corrected chi connectivity index (χ4v) is 5.84. The second kappa shape index (κ2) is 10.1. The zero-order valence-electron chi connectivity index (χ0n) is 20.1. The molecule has 8 heteroatoms. The van der Waals surface area contributed by atoms with Crippen molar-refractivity contribution in [3.8, 4) is 11.4 Å². The summed E-state index contributed by atoms with van der Waals surface area (Å²) in [6.45, 7) is 0. The molecule has 5 nitrogen and oxygen atoms in total. The molecule has 1 N–H and O–H groups in total. The van der Waals surface area contributed by atoms with Crippen LogP contribution in [-0.2, 0) is 0 Å². The van der Waals surface area contributed by atoms with Gasteiger partial charge in [0.25, 0.3) is 0 Å². The Morgan fingerprint density at radius 1 is 0.973 bits per heavy atom. The van der Waals surface area contributed by atoms with Crippen LogP contribution < -0.4 is 15.0 Å². The third-order valence-electron chi connectivity index (χ3n) is 7.08. The van der Waals surface area contributed by atoms with E-state index < -0.39 is 5.82 Å². The van der Waals surface area contributed by atoms with Crippen molar-refractivity contribution < 1.29 is 9.13 Å². The van der Waals surface area contributed by atoms with Crippen molar-refractivity contribution in [1.82, 2.24) is 14.9 Å². The average Bonchev–Trinajstić information content (AvgIpc) is 3.67. The van der Waals surface area contributed by atoms with Crippen LogP contribution in [0.1, 0.15) is 49.2 Å². The number of nitrogens with one attached hydrogen (secondary N) is 1. The highest BCUT2D eigenvalue weighted by Gasteiger charge is 2.42. The van der Waals surface area contributed by atoms with Crippen molar-refractivity contribution in [2.45, 2.75) is 43.9 Å². The largest absolute Gasteiger partial charge is 0.490 e. The van der Waals surface area contributed by atoms with Crippen molar-refractivity contribution in [3.05, 3.63) is 107 Å². The number of hydrogen-bond acceptors (Lipinski definition) is 3. The molecule has 4 aromatic rings. The number of nitrogens with zero attached hydrogens (tertiary/aromatic N) is 3. The molecule has 3 heterocycles. The number of benzene rings is 2. The van der Waals surface area contributed by atoms with E-state index >= 15 is 0 Å². The van der Waals surface area contributed by atoms with Crippen LogP contribution in [0.15, 0.2) is 85.2 Å². The number of aromatic nitrogens is 2. The van der Waals surface area contributed by atoms with Crippen molar-refractivity contribution in [1.29, 1.82) is 0 Å². The highest BCUT2D eigenvalue weighted by atomic mass is 35.5. The van der Waals surface area contributed by atoms with Gasteiger partial charge in [-0.05, 0) is 105 Å². The first-order chi connectivity index (χ1) is 18.1. The lowest BCUT2D eigenvalue weighted by Gasteiger charge is -2.29. The Bertz CT molecular complexity index is 1410. The molecule has 0 bridgehead atoms. The lowest BCUT2D eigenvalue weighted by molar-refractivity contribution is 0.210. The summed E-state index contributed by atoms with van der Waals surface area (Å²) >= 11 is 12.0. The Morgan fingerprint density at radius 2 is 1.76 bits per heavy atom. The summed E-state index contributed by atoms with van der Waals surface area (Å²) in [5, 5.41) is 4.18. The van der Waals surface area contributed by atoms with E-state index in [9.17, 15) is 4.39 Å². The minimum Gasteiger partial charge on any atom is -0.490 e. The van der Waals surface area contributed by atoms with Gasteiger partial charge in [0.05, 0.1) is 22.9 Å². The fourth-order valence-electron chi connectivity index (χ4n) is 5.32. The molecule has 2 fully saturated rings. The van der Waals surface area contributed by atoms with Gasteiger partial charge < -0.3 is 19.5 Å². The van der Waals surface area contributed by atoms with Gasteiger partial charge in [-0.15, -0.1) is 0 Å². The van der Waals surface area contributed by atoms with E-state index in [0.29, 0.717) is 11.2 Å². The highest BCUT2D eigenvalue weighted by Crippen LogP contribution is 2.42. The summed E-state index contributed by atoms with van der Waals surface area (Å²) in [5.74, 6) is 0.423. The van der Waals surface area contributed by atoms with Crippen molar-refractivity contribution in [2.24, 2.45) is 0 Å². The number of rotatable bonds is 6. The summed E-state index contributed by atoms with van der Waals surface area (Å²) in [6.07, 6.45) is 8.71. The van der Waals surface area contributed by atoms with Gasteiger partial charge >= 0.3 is 0 Å². The van der Waals surface area contributed by atoms with E-state index in [1.165, 1.54) is 18.9 Å². The van der Waals surface area contributed by atoms with E-state index in [1.54, 1.807) is 18.3 Å². The quantitative estimate of drug-likeness (QED) is 0.267. The number of pyridine rings is 1. The maximum Gasteiger partial charge on any atom is 0.174 e. The van der Waals surface area contributed by atoms with Gasteiger partial charge in [0.2, 0.25) is 0 Å². The van der Waals surface area contributed by atoms with E-state index in [2.05, 4.69) is 21.3 Å². The van der Waals surface area contributed by atoms with E-state index in [-0.39, 0.29) is 17.1 Å². The molecule has 0 spiro atoms. The summed E-state index contributed by atoms with van der Waals surface area (Å²) in [4.78, 5) is 6.75. The molecule has 1 saturated heterocycles. The molecule has 2 aromatic heterocycles. The van der Waals surface area contributed by atoms with Crippen LogP contribution in [0, 0.1) is 5.82 Å². The van der Waals surface area contributed by atoms with Crippen LogP contribution in [0.2, 0.25) is 5.02 Å². The lowest BCUT2D eigenvalue weighted by Crippen LogP contribution is -2.30. The Balaban J connectivity index is 1.40. The van der Waals surface area contributed by atoms with Crippen LogP contribution in [-0.4, -0.2) is 20.8 Å². The third-order valence-corrected chi connectivity index (χ3v) is 7.69. The van der Waals surface area contributed by atoms with Crippen LogP contribution in [0.4, 0.5) is 10.1 Å². The molecule has 1 aliphatic carbocycles. The van der Waals surface area contributed by atoms with E-state index in [1.807, 2.05) is 59.3 Å². The molecule has 1 aliphatic heterocycles. The Labute approximate surface area is 225 Å². The molecule has 6 rings (SSSR count). The molecule has 1 saturated carbocycles. The Morgan fingerprint density at radius 3 is 2.49 bits per heavy atom. The summed E-state index contributed by atoms with van der Waals surface area (Å²) in [6, 6.07) is 22.3. The molecule has 0 amide bonds. The summed E-state index contributed by atoms with van der Waals surface area (Å²) in [7, 11) is 0. The Kier molecular flexibility index (Phi) is 6.57. The van der Waals surface area contributed by atoms with Gasteiger partial charge in [0, 0.05) is 29.5 Å². The molecule has 2 atom stereocenters. The number of halogens is 2. The predicted octanol–water partition coefficient (Wildman–Crippen LogP) is 7.16. The molecule has 37 heavy (non-hydrogen) atoms. The zero-order chi connectivity index (χ0) is 25.4. The maximum absolute atomic E-state index is 13.9. The van der Waals surface area contributed by atoms with E-state index in [4.69, 9.17) is 28.6 Å². The van der Waals surface area contributed by atoms with Gasteiger partial charge in [-0.2, -0.15) is 0 Å². The smallest absolute Gasteiger partial charge is 0.174 e. The Hall–Kier alpha value is -3.42. The SMILES string of the molecule is Fc1ccc(-n2cccc2[C@H]2[C@H](c3ccccn3)NC(=S)N2c2ccc(OC3CCCC3)cc2)cc1Cl. The second-order valence-electron chi connectivity index (χ2n) is 9.42. The maximum atomic E-state index is 13.9. The minimum absolute atomic E-state index is 0.0770. The minimum atomic E-state index is -0.448. The van der Waals surface area contributed by atoms with Crippen molar-refractivity contribution in [3.63, 3.8) is 0 Å². The first-order valence-corrected chi connectivity index (χ1v) is 13.3. The number of ether oxygens (including phenoxy) is 1. The molecule has 0 unspecified atom stereocenters. The topological polar surface area (TPSA) is 42.3 Å². The molecule has 188 valence electrons. The predicted molar refractivity (Wildman–Crippen MR) is 148 cm³/mol. The van der Waals surface area contributed by atoms with Crippen LogP contribution >= 0.6 is 23.8 Å². The fraction of sp³-hybridized carbons (Fsp3) is 0.241. The van der Waals surface area contributed by atoms with Gasteiger partial charge in [-0.25, -0.2) is 4.39 Å². The normalized spacial score (nSPS) is 19.8. The zero-order valence-corrected chi connectivity index (χ0v) is 21.6. The van der Waals surface area contributed by atoms with Gasteiger partial charge in [-0.1, -0.05) is 17.7 Å². The van der Waals surface area contributed by atoms with Crippen LogP contribution in [0.3, 0.4) is 0 Å². The standard InChI is InChI=1S/C29H26ClFN4OS/c30-23-18-20(12-15-24(23)31)34-17-5-9-26(34)28-27(25-8-3-4-16-32-25)33-29(37)35(28)19-10-13-22(14-11-19)36-21-6-1-2-7-21/h3-5,8-18,21,27-28H,1-2,6-7H2,(H,33,37)/t27-,28-/m0/s1. The van der Waals surface area contributed by atoms with E-state index in [0.717, 1.165) is 41.4 Å². The third kappa shape index (κ3) is 4.69. The average molecular weight is 533 g/mol. The number of anilines is 1. The summed E-state index contributed by atoms with van der Waals surface area (Å²) < 4.78 is 22.1. The lowest BCUT2D eigenvalue weighted by atomic mass is 10.0. The van der Waals surface area contributed by atoms with Crippen molar-refractivity contribution >= 4 is 34.6 Å². The van der Waals surface area contributed by atoms with Crippen LogP contribution in [0.25, 0.3) is 5.69 Å². The first-order valence-electron chi connectivity index (χ1n) is 12.5. The highest BCUT2D eigenvalue weighted by molar-refractivity contribution is 7.80. The van der Waals surface area contributed by atoms with Gasteiger partial charge in [-0.3, -0.25) is 4.98 Å². The molecule has 2 aromatic carbocycles. The van der Waals surface area contributed by atoms with Crippen LogP contribution in [0.5, 0.6) is 5.75 Å². The van der Waals surface area contributed by atoms with Gasteiger partial charge in [0.15, 0.2) is 5.11 Å². The monoisotopic (exact) mass is 532 g/mol. The molecule has 2 aliphatic rings. The second-order valence-corrected chi connectivity index (χ2v) is 10.2. The molecular formula is C29H26ClFN4OS. The molecule has 0 radical (unpaired) electrons. The first kappa shape index (κ1) is 23.9. The van der Waals surface area contributed by atoms with Crippen molar-refractivity contribution in [2.75, 3.05) is 4.90 Å². The van der Waals surface area contributed by atoms with Gasteiger partial charge in [0.1, 0.15) is 17.6 Å². The number of hydrogen-bond donors (Lipinski definition) is 1. The molecular weight excluding hydrogens is 507 g/mol. The summed E-state index contributed by atoms with van der Waals surface area (Å²) in [5.41, 5.74) is 3.56. The number of thiocarbonyl (C=S) groups is 1.